The third-order valence-electron chi connectivity index (χ3n) is 5.75. The van der Waals surface area contributed by atoms with Crippen LogP contribution in [0.5, 0.6) is 0 Å². The van der Waals surface area contributed by atoms with E-state index in [-0.39, 0.29) is 4.90 Å². The van der Waals surface area contributed by atoms with Gasteiger partial charge in [0.15, 0.2) is 5.65 Å². The Morgan fingerprint density at radius 2 is 1.87 bits per heavy atom. The second kappa shape index (κ2) is 8.78. The number of aromatic nitrogens is 2. The molecule has 0 amide bonds. The number of pyridine rings is 1. The monoisotopic (exact) mass is 427 g/mol. The fraction of sp³-hybridized carbons (Fsp3) is 0.435. The summed E-state index contributed by atoms with van der Waals surface area (Å²) in [6.45, 7) is 4.96. The largest absolute Gasteiger partial charge is 0.381 e. The summed E-state index contributed by atoms with van der Waals surface area (Å²) in [4.78, 5) is 4.78. The lowest BCUT2D eigenvalue weighted by Crippen LogP contribution is -2.23. The normalized spacial score (nSPS) is 15.5. The predicted molar refractivity (Wildman–Crippen MR) is 119 cm³/mol. The number of hydrogen-bond donors (Lipinski definition) is 1. The van der Waals surface area contributed by atoms with Crippen LogP contribution < -0.4 is 5.32 Å². The molecule has 0 atom stereocenters. The topological polar surface area (TPSA) is 73.2 Å². The Bertz CT molecular complexity index is 1110. The number of ether oxygens (including phenoxy) is 1. The predicted octanol–water partition coefficient (Wildman–Crippen LogP) is 4.86. The van der Waals surface area contributed by atoms with E-state index in [9.17, 15) is 8.42 Å². The van der Waals surface area contributed by atoms with Crippen molar-refractivity contribution in [3.8, 4) is 0 Å². The molecule has 1 aliphatic rings. The van der Waals surface area contributed by atoms with E-state index >= 15 is 0 Å². The van der Waals surface area contributed by atoms with Crippen LogP contribution >= 0.6 is 0 Å². The molecule has 0 bridgehead atoms. The molecule has 0 aliphatic heterocycles. The Balaban J connectivity index is 1.78. The summed E-state index contributed by atoms with van der Waals surface area (Å²) in [5.41, 5.74) is 3.36. The van der Waals surface area contributed by atoms with Gasteiger partial charge in [-0.3, -0.25) is 0 Å². The molecule has 4 rings (SSSR count). The molecule has 2 heterocycles. The Hall–Kier alpha value is -2.38. The highest BCUT2D eigenvalue weighted by Gasteiger charge is 2.23. The highest BCUT2D eigenvalue weighted by molar-refractivity contribution is 7.90. The average molecular weight is 428 g/mol. The van der Waals surface area contributed by atoms with Crippen LogP contribution in [-0.2, 0) is 21.4 Å². The molecule has 0 spiro atoms. The smallest absolute Gasteiger partial charge is 0.269 e. The van der Waals surface area contributed by atoms with Crippen LogP contribution in [-0.4, -0.2) is 30.0 Å². The van der Waals surface area contributed by atoms with Crippen molar-refractivity contribution in [1.29, 1.82) is 0 Å². The summed E-state index contributed by atoms with van der Waals surface area (Å²) < 4.78 is 33.4. The van der Waals surface area contributed by atoms with Crippen LogP contribution in [0.25, 0.3) is 11.0 Å². The quantitative estimate of drug-likeness (QED) is 0.583. The van der Waals surface area contributed by atoms with Gasteiger partial charge >= 0.3 is 0 Å². The first-order chi connectivity index (χ1) is 14.5. The number of aryl methyl sites for hydroxylation is 1. The van der Waals surface area contributed by atoms with Gasteiger partial charge < -0.3 is 10.1 Å². The standard InChI is InChI=1S/C23H29N3O3S/c1-3-29-16-18-15-24-23-21(22(18)25-19-7-5-4-6-8-19)13-14-26(23)30(27,28)20-11-9-17(2)10-12-20/h9-15,19H,3-8,16H2,1-2H3,(H,24,25). The van der Waals surface area contributed by atoms with Crippen molar-refractivity contribution >= 4 is 26.7 Å². The highest BCUT2D eigenvalue weighted by atomic mass is 32.2. The van der Waals surface area contributed by atoms with E-state index in [4.69, 9.17) is 4.74 Å². The molecule has 30 heavy (non-hydrogen) atoms. The fourth-order valence-electron chi connectivity index (χ4n) is 4.06. The van der Waals surface area contributed by atoms with E-state index in [1.807, 2.05) is 32.0 Å². The molecule has 6 nitrogen and oxygen atoms in total. The summed E-state index contributed by atoms with van der Waals surface area (Å²) in [5, 5.41) is 4.50. The number of fused-ring (bicyclic) bond motifs is 1. The summed E-state index contributed by atoms with van der Waals surface area (Å²) in [5.74, 6) is 0. The van der Waals surface area contributed by atoms with Crippen LogP contribution in [0.2, 0.25) is 0 Å². The van der Waals surface area contributed by atoms with Crippen molar-refractivity contribution < 1.29 is 13.2 Å². The van der Waals surface area contributed by atoms with Crippen LogP contribution in [0.4, 0.5) is 5.69 Å². The zero-order chi connectivity index (χ0) is 21.1. The molecule has 0 radical (unpaired) electrons. The summed E-state index contributed by atoms with van der Waals surface area (Å²) in [6.07, 6.45) is 9.31. The third-order valence-corrected chi connectivity index (χ3v) is 7.43. The molecule has 0 unspecified atom stereocenters. The van der Waals surface area contributed by atoms with Crippen molar-refractivity contribution in [2.45, 2.75) is 63.5 Å². The van der Waals surface area contributed by atoms with Crippen LogP contribution in [0.1, 0.15) is 50.2 Å². The summed E-state index contributed by atoms with van der Waals surface area (Å²) in [6, 6.07) is 9.13. The zero-order valence-electron chi connectivity index (χ0n) is 17.6. The van der Waals surface area contributed by atoms with E-state index in [0.29, 0.717) is 24.9 Å². The van der Waals surface area contributed by atoms with Gasteiger partial charge in [0.05, 0.1) is 17.2 Å². The Labute approximate surface area is 178 Å². The van der Waals surface area contributed by atoms with Gasteiger partial charge in [0, 0.05) is 36.0 Å². The van der Waals surface area contributed by atoms with Gasteiger partial charge in [-0.05, 0) is 44.9 Å². The second-order valence-corrected chi connectivity index (χ2v) is 9.76. The lowest BCUT2D eigenvalue weighted by molar-refractivity contribution is 0.134. The molecule has 0 saturated heterocycles. The molecule has 160 valence electrons. The number of benzene rings is 1. The van der Waals surface area contributed by atoms with Gasteiger partial charge in [-0.2, -0.15) is 0 Å². The van der Waals surface area contributed by atoms with Crippen molar-refractivity contribution in [1.82, 2.24) is 8.96 Å². The van der Waals surface area contributed by atoms with E-state index in [2.05, 4.69) is 10.3 Å². The van der Waals surface area contributed by atoms with Crippen LogP contribution in [0.15, 0.2) is 47.6 Å². The second-order valence-electron chi connectivity index (χ2n) is 7.94. The highest BCUT2D eigenvalue weighted by Crippen LogP contribution is 2.32. The maximum Gasteiger partial charge on any atom is 0.269 e. The molecule has 1 saturated carbocycles. The minimum absolute atomic E-state index is 0.257. The van der Waals surface area contributed by atoms with Crippen molar-refractivity contribution in [3.05, 3.63) is 53.9 Å². The van der Waals surface area contributed by atoms with E-state index in [1.165, 1.54) is 23.2 Å². The first-order valence-electron chi connectivity index (χ1n) is 10.7. The van der Waals surface area contributed by atoms with Crippen molar-refractivity contribution in [2.24, 2.45) is 0 Å². The minimum Gasteiger partial charge on any atom is -0.381 e. The number of nitrogens with one attached hydrogen (secondary N) is 1. The first-order valence-corrected chi connectivity index (χ1v) is 12.1. The number of anilines is 1. The molecule has 1 aromatic carbocycles. The van der Waals surface area contributed by atoms with Crippen LogP contribution in [0.3, 0.4) is 0 Å². The molecule has 1 fully saturated rings. The van der Waals surface area contributed by atoms with E-state index < -0.39 is 10.0 Å². The van der Waals surface area contributed by atoms with E-state index in [0.717, 1.165) is 35.0 Å². The van der Waals surface area contributed by atoms with Crippen molar-refractivity contribution in [3.63, 3.8) is 0 Å². The van der Waals surface area contributed by atoms with Gasteiger partial charge in [-0.1, -0.05) is 37.0 Å². The molecular formula is C23H29N3O3S. The molecule has 2 aromatic heterocycles. The maximum absolute atomic E-state index is 13.3. The maximum atomic E-state index is 13.3. The van der Waals surface area contributed by atoms with Gasteiger partial charge in [-0.25, -0.2) is 17.4 Å². The van der Waals surface area contributed by atoms with E-state index in [1.54, 1.807) is 24.5 Å². The Morgan fingerprint density at radius 3 is 2.57 bits per heavy atom. The summed E-state index contributed by atoms with van der Waals surface area (Å²) in [7, 11) is -3.72. The van der Waals surface area contributed by atoms with Gasteiger partial charge in [0.1, 0.15) is 0 Å². The lowest BCUT2D eigenvalue weighted by atomic mass is 9.95. The minimum atomic E-state index is -3.72. The Kier molecular flexibility index (Phi) is 6.11. The zero-order valence-corrected chi connectivity index (χ0v) is 18.4. The molecule has 1 aliphatic carbocycles. The van der Waals surface area contributed by atoms with Crippen LogP contribution in [0, 0.1) is 6.92 Å². The molecule has 7 heteroatoms. The summed E-state index contributed by atoms with van der Waals surface area (Å²) >= 11 is 0. The molecule has 3 aromatic rings. The average Bonchev–Trinajstić information content (AvgIpc) is 3.19. The fourth-order valence-corrected chi connectivity index (χ4v) is 5.37. The van der Waals surface area contributed by atoms with Gasteiger partial charge in [0.2, 0.25) is 0 Å². The first kappa shape index (κ1) is 20.9. The number of rotatable bonds is 7. The number of hydrogen-bond acceptors (Lipinski definition) is 5. The van der Waals surface area contributed by atoms with Gasteiger partial charge in [0.25, 0.3) is 10.0 Å². The molecular weight excluding hydrogens is 398 g/mol. The Morgan fingerprint density at radius 1 is 1.13 bits per heavy atom. The van der Waals surface area contributed by atoms with Crippen molar-refractivity contribution in [2.75, 3.05) is 11.9 Å². The number of nitrogens with zero attached hydrogens (tertiary/aromatic N) is 2. The van der Waals surface area contributed by atoms with Gasteiger partial charge in [-0.15, -0.1) is 0 Å². The SMILES string of the molecule is CCOCc1cnc2c(ccn2S(=O)(=O)c2ccc(C)cc2)c1NC1CCCCC1. The molecule has 1 N–H and O–H groups in total. The lowest BCUT2D eigenvalue weighted by Gasteiger charge is -2.25. The third kappa shape index (κ3) is 4.09.